The van der Waals surface area contributed by atoms with Crippen molar-refractivity contribution >= 4 is 6.09 Å². The number of hydrogen-bond donors (Lipinski definition) is 2. The van der Waals surface area contributed by atoms with Crippen LogP contribution in [0.15, 0.2) is 0 Å². The molecular weight excluding hydrogens is 180 g/mol. The van der Waals surface area contributed by atoms with Crippen molar-refractivity contribution in [2.45, 2.75) is 32.7 Å². The molecule has 0 aromatic heterocycles. The van der Waals surface area contributed by atoms with E-state index in [1.54, 1.807) is 0 Å². The molecule has 1 heterocycles. The van der Waals surface area contributed by atoms with Gasteiger partial charge in [-0.15, -0.1) is 0 Å². The van der Waals surface area contributed by atoms with E-state index in [4.69, 9.17) is 4.74 Å². The van der Waals surface area contributed by atoms with Crippen LogP contribution in [0.5, 0.6) is 0 Å². The van der Waals surface area contributed by atoms with Crippen LogP contribution in [-0.4, -0.2) is 31.3 Å². The van der Waals surface area contributed by atoms with E-state index >= 15 is 0 Å². The molecule has 0 bridgehead atoms. The van der Waals surface area contributed by atoms with Gasteiger partial charge in [0.05, 0.1) is 6.61 Å². The van der Waals surface area contributed by atoms with Crippen LogP contribution in [0, 0.1) is 5.92 Å². The Bertz CT molecular complexity index is 193. The summed E-state index contributed by atoms with van der Waals surface area (Å²) in [7, 11) is 0. The zero-order chi connectivity index (χ0) is 10.6. The molecule has 4 nitrogen and oxygen atoms in total. The minimum atomic E-state index is -0.315. The standard InChI is InChI=1S/C10H20N2O2/c1-10(2,3)12-9(13)14-7-8-4-5-11-6-8/h8,11H,4-7H2,1-3H3,(H,12,13). The van der Waals surface area contributed by atoms with Crippen LogP contribution in [0.3, 0.4) is 0 Å². The van der Waals surface area contributed by atoms with Crippen molar-refractivity contribution in [2.75, 3.05) is 19.7 Å². The first-order valence-electron chi connectivity index (χ1n) is 5.13. The van der Waals surface area contributed by atoms with Gasteiger partial charge in [-0.3, -0.25) is 0 Å². The summed E-state index contributed by atoms with van der Waals surface area (Å²) in [5.74, 6) is 0.487. The van der Waals surface area contributed by atoms with Crippen LogP contribution >= 0.6 is 0 Å². The fourth-order valence-corrected chi connectivity index (χ4v) is 1.39. The molecule has 1 aliphatic heterocycles. The van der Waals surface area contributed by atoms with Gasteiger partial charge in [-0.1, -0.05) is 0 Å². The zero-order valence-electron chi connectivity index (χ0n) is 9.22. The maximum absolute atomic E-state index is 11.3. The average Bonchev–Trinajstić information content (AvgIpc) is 2.49. The van der Waals surface area contributed by atoms with Gasteiger partial charge in [-0.2, -0.15) is 0 Å². The van der Waals surface area contributed by atoms with E-state index < -0.39 is 0 Å². The van der Waals surface area contributed by atoms with Crippen molar-refractivity contribution < 1.29 is 9.53 Å². The van der Waals surface area contributed by atoms with Crippen LogP contribution in [0.1, 0.15) is 27.2 Å². The summed E-state index contributed by atoms with van der Waals surface area (Å²) in [6.45, 7) is 8.33. The second-order valence-electron chi connectivity index (χ2n) is 4.83. The Morgan fingerprint density at radius 2 is 2.29 bits per heavy atom. The van der Waals surface area contributed by atoms with E-state index in [0.717, 1.165) is 19.5 Å². The normalized spacial score (nSPS) is 22.1. The van der Waals surface area contributed by atoms with E-state index in [1.165, 1.54) is 0 Å². The minimum absolute atomic E-state index is 0.217. The van der Waals surface area contributed by atoms with Gasteiger partial charge in [0.1, 0.15) is 0 Å². The fourth-order valence-electron chi connectivity index (χ4n) is 1.39. The zero-order valence-corrected chi connectivity index (χ0v) is 9.22. The van der Waals surface area contributed by atoms with E-state index in [0.29, 0.717) is 12.5 Å². The fraction of sp³-hybridized carbons (Fsp3) is 0.900. The summed E-state index contributed by atoms with van der Waals surface area (Å²) < 4.78 is 5.11. The molecule has 1 aliphatic rings. The minimum Gasteiger partial charge on any atom is -0.449 e. The van der Waals surface area contributed by atoms with Crippen molar-refractivity contribution in [3.05, 3.63) is 0 Å². The van der Waals surface area contributed by atoms with Crippen LogP contribution in [-0.2, 0) is 4.74 Å². The monoisotopic (exact) mass is 200 g/mol. The van der Waals surface area contributed by atoms with Gasteiger partial charge in [-0.25, -0.2) is 4.79 Å². The van der Waals surface area contributed by atoms with Gasteiger partial charge in [0.25, 0.3) is 0 Å². The van der Waals surface area contributed by atoms with Crippen molar-refractivity contribution in [1.82, 2.24) is 10.6 Å². The molecule has 1 unspecified atom stereocenters. The average molecular weight is 200 g/mol. The van der Waals surface area contributed by atoms with Crippen molar-refractivity contribution in [3.8, 4) is 0 Å². The van der Waals surface area contributed by atoms with Crippen molar-refractivity contribution in [3.63, 3.8) is 0 Å². The summed E-state index contributed by atoms with van der Waals surface area (Å²) in [6.07, 6.45) is 0.785. The first-order chi connectivity index (χ1) is 6.47. The Kier molecular flexibility index (Phi) is 3.75. The molecule has 82 valence electrons. The largest absolute Gasteiger partial charge is 0.449 e. The molecule has 1 rings (SSSR count). The summed E-state index contributed by atoms with van der Waals surface area (Å²) in [6, 6.07) is 0. The van der Waals surface area contributed by atoms with Crippen LogP contribution in [0.4, 0.5) is 4.79 Å². The molecule has 0 spiro atoms. The highest BCUT2D eigenvalue weighted by atomic mass is 16.5. The number of ether oxygens (including phenoxy) is 1. The third kappa shape index (κ3) is 4.46. The predicted molar refractivity (Wildman–Crippen MR) is 55.2 cm³/mol. The number of nitrogens with one attached hydrogen (secondary N) is 2. The van der Waals surface area contributed by atoms with Crippen molar-refractivity contribution in [1.29, 1.82) is 0 Å². The Morgan fingerprint density at radius 1 is 1.57 bits per heavy atom. The first kappa shape index (κ1) is 11.3. The van der Waals surface area contributed by atoms with E-state index in [-0.39, 0.29) is 11.6 Å². The van der Waals surface area contributed by atoms with E-state index in [9.17, 15) is 4.79 Å². The SMILES string of the molecule is CC(C)(C)NC(=O)OCC1CCNC1. The molecule has 0 aromatic rings. The number of hydrogen-bond acceptors (Lipinski definition) is 3. The second-order valence-corrected chi connectivity index (χ2v) is 4.83. The van der Waals surface area contributed by atoms with Gasteiger partial charge in [0.2, 0.25) is 0 Å². The number of alkyl carbamates (subject to hydrolysis) is 1. The van der Waals surface area contributed by atoms with Crippen LogP contribution < -0.4 is 10.6 Å². The van der Waals surface area contributed by atoms with Gasteiger partial charge in [0, 0.05) is 18.0 Å². The molecular formula is C10H20N2O2. The maximum Gasteiger partial charge on any atom is 0.407 e. The second kappa shape index (κ2) is 4.64. The number of carbonyl (C=O) groups is 1. The Labute approximate surface area is 85.4 Å². The highest BCUT2D eigenvalue weighted by molar-refractivity contribution is 5.68. The number of carbonyl (C=O) groups excluding carboxylic acids is 1. The molecule has 2 N–H and O–H groups in total. The quantitative estimate of drug-likeness (QED) is 0.702. The van der Waals surface area contributed by atoms with Crippen LogP contribution in [0.25, 0.3) is 0 Å². The van der Waals surface area contributed by atoms with Gasteiger partial charge in [0.15, 0.2) is 0 Å². The molecule has 14 heavy (non-hydrogen) atoms. The maximum atomic E-state index is 11.3. The van der Waals surface area contributed by atoms with Crippen LogP contribution in [0.2, 0.25) is 0 Å². The summed E-state index contributed by atoms with van der Waals surface area (Å²) in [4.78, 5) is 11.3. The summed E-state index contributed by atoms with van der Waals surface area (Å²) in [5.41, 5.74) is -0.217. The molecule has 1 amide bonds. The number of rotatable bonds is 2. The molecule has 0 aliphatic carbocycles. The molecule has 4 heteroatoms. The van der Waals surface area contributed by atoms with Gasteiger partial charge in [-0.05, 0) is 33.7 Å². The van der Waals surface area contributed by atoms with E-state index in [2.05, 4.69) is 10.6 Å². The van der Waals surface area contributed by atoms with Crippen molar-refractivity contribution in [2.24, 2.45) is 5.92 Å². The smallest absolute Gasteiger partial charge is 0.407 e. The van der Waals surface area contributed by atoms with E-state index in [1.807, 2.05) is 20.8 Å². The Balaban J connectivity index is 2.14. The summed E-state index contributed by atoms with van der Waals surface area (Å²) in [5, 5.41) is 5.99. The topological polar surface area (TPSA) is 50.4 Å². The van der Waals surface area contributed by atoms with Gasteiger partial charge >= 0.3 is 6.09 Å². The molecule has 1 saturated heterocycles. The highest BCUT2D eigenvalue weighted by Gasteiger charge is 2.18. The molecule has 1 atom stereocenters. The lowest BCUT2D eigenvalue weighted by Crippen LogP contribution is -2.41. The Morgan fingerprint density at radius 3 is 2.79 bits per heavy atom. The number of amides is 1. The predicted octanol–water partition coefficient (Wildman–Crippen LogP) is 1.12. The highest BCUT2D eigenvalue weighted by Crippen LogP contribution is 2.08. The Hall–Kier alpha value is -0.770. The molecule has 0 saturated carbocycles. The molecule has 0 aromatic carbocycles. The summed E-state index contributed by atoms with van der Waals surface area (Å²) >= 11 is 0. The lowest BCUT2D eigenvalue weighted by molar-refractivity contribution is 0.122. The first-order valence-corrected chi connectivity index (χ1v) is 5.13. The third-order valence-electron chi connectivity index (χ3n) is 2.09. The molecule has 1 fully saturated rings. The third-order valence-corrected chi connectivity index (χ3v) is 2.09. The van der Waals surface area contributed by atoms with Gasteiger partial charge < -0.3 is 15.4 Å². The molecule has 0 radical (unpaired) electrons. The lowest BCUT2D eigenvalue weighted by Gasteiger charge is -2.20. The lowest BCUT2D eigenvalue weighted by atomic mass is 10.1.